The fourth-order valence-corrected chi connectivity index (χ4v) is 4.11. The van der Waals surface area contributed by atoms with Crippen molar-refractivity contribution >= 4 is 17.4 Å². The van der Waals surface area contributed by atoms with Crippen molar-refractivity contribution in [3.8, 4) is 0 Å². The Kier molecular flexibility index (Phi) is 4.31. The third-order valence-corrected chi connectivity index (χ3v) is 6.25. The highest BCUT2D eigenvalue weighted by atomic mass is 16.5. The quantitative estimate of drug-likeness (QED) is 0.823. The summed E-state index contributed by atoms with van der Waals surface area (Å²) in [6.07, 6.45) is 2.21. The Morgan fingerprint density at radius 3 is 2.70 bits per heavy atom. The summed E-state index contributed by atoms with van der Waals surface area (Å²) in [5.74, 6) is 0.891. The van der Waals surface area contributed by atoms with Gasteiger partial charge in [0.05, 0.1) is 6.10 Å². The number of piperazine rings is 1. The molecule has 2 aliphatic rings. The van der Waals surface area contributed by atoms with Crippen LogP contribution in [-0.2, 0) is 9.53 Å². The highest BCUT2D eigenvalue weighted by Gasteiger charge is 2.63. The first kappa shape index (κ1) is 18.1. The van der Waals surface area contributed by atoms with Crippen molar-refractivity contribution in [3.63, 3.8) is 0 Å². The van der Waals surface area contributed by atoms with E-state index in [1.54, 1.807) is 10.8 Å². The van der Waals surface area contributed by atoms with Crippen LogP contribution >= 0.6 is 0 Å². The zero-order valence-corrected chi connectivity index (χ0v) is 16.1. The number of carbonyl (C=O) groups excluding carboxylic acids is 1. The van der Waals surface area contributed by atoms with Crippen molar-refractivity contribution in [1.82, 2.24) is 24.7 Å². The molecule has 1 aliphatic carbocycles. The van der Waals surface area contributed by atoms with Crippen LogP contribution < -0.4 is 10.6 Å². The number of hydrogen-bond donors (Lipinski definition) is 1. The average molecular weight is 373 g/mol. The van der Waals surface area contributed by atoms with Gasteiger partial charge in [0.2, 0.25) is 5.91 Å². The number of ether oxygens (including phenoxy) is 1. The number of anilines is 1. The molecule has 2 N–H and O–H groups in total. The van der Waals surface area contributed by atoms with Crippen LogP contribution in [0, 0.1) is 5.41 Å². The van der Waals surface area contributed by atoms with E-state index in [1.165, 1.54) is 0 Å². The van der Waals surface area contributed by atoms with Gasteiger partial charge in [-0.05, 0) is 19.1 Å². The van der Waals surface area contributed by atoms with E-state index < -0.39 is 5.54 Å². The predicted molar refractivity (Wildman–Crippen MR) is 100 cm³/mol. The highest BCUT2D eigenvalue weighted by molar-refractivity contribution is 5.89. The maximum Gasteiger partial charge on any atom is 0.243 e. The first-order valence-corrected chi connectivity index (χ1v) is 9.48. The van der Waals surface area contributed by atoms with Gasteiger partial charge >= 0.3 is 0 Å². The van der Waals surface area contributed by atoms with E-state index in [1.807, 2.05) is 37.8 Å². The summed E-state index contributed by atoms with van der Waals surface area (Å²) in [5, 5.41) is 12.4. The molecule has 3 heterocycles. The van der Waals surface area contributed by atoms with Crippen LogP contribution in [0.3, 0.4) is 0 Å². The Labute approximate surface area is 158 Å². The topological polar surface area (TPSA) is 102 Å². The lowest BCUT2D eigenvalue weighted by atomic mass is 9.54. The zero-order valence-electron chi connectivity index (χ0n) is 16.1. The van der Waals surface area contributed by atoms with Gasteiger partial charge in [0.1, 0.15) is 17.7 Å². The maximum atomic E-state index is 13.1. The second kappa shape index (κ2) is 6.42. The molecule has 0 spiro atoms. The van der Waals surface area contributed by atoms with Crippen LogP contribution in [0.5, 0.6) is 0 Å². The number of amides is 1. The molecule has 0 radical (unpaired) electrons. The molecular formula is C18H27N7O2. The van der Waals surface area contributed by atoms with Crippen LogP contribution in [-0.4, -0.2) is 75.0 Å². The van der Waals surface area contributed by atoms with E-state index >= 15 is 0 Å². The predicted octanol–water partition coefficient (Wildman–Crippen LogP) is 0.305. The minimum atomic E-state index is -0.853. The van der Waals surface area contributed by atoms with E-state index in [4.69, 9.17) is 10.5 Å². The summed E-state index contributed by atoms with van der Waals surface area (Å²) in [6.45, 7) is 9.38. The van der Waals surface area contributed by atoms with Gasteiger partial charge in [0.15, 0.2) is 5.65 Å². The number of hydrogen-bond acceptors (Lipinski definition) is 7. The monoisotopic (exact) mass is 373 g/mol. The van der Waals surface area contributed by atoms with Crippen molar-refractivity contribution in [3.05, 3.63) is 18.5 Å². The molecule has 4 rings (SSSR count). The minimum Gasteiger partial charge on any atom is -0.378 e. The van der Waals surface area contributed by atoms with Crippen molar-refractivity contribution in [1.29, 1.82) is 0 Å². The van der Waals surface area contributed by atoms with Gasteiger partial charge in [0, 0.05) is 44.6 Å². The number of nitrogens with zero attached hydrogens (tertiary/aromatic N) is 6. The highest BCUT2D eigenvalue weighted by Crippen LogP contribution is 2.50. The third kappa shape index (κ3) is 2.76. The number of carbonyl (C=O) groups is 1. The van der Waals surface area contributed by atoms with E-state index in [0.717, 1.165) is 18.9 Å². The largest absolute Gasteiger partial charge is 0.378 e. The van der Waals surface area contributed by atoms with Gasteiger partial charge in [0.25, 0.3) is 0 Å². The van der Waals surface area contributed by atoms with Crippen LogP contribution in [0.1, 0.15) is 27.2 Å². The molecule has 1 saturated carbocycles. The lowest BCUT2D eigenvalue weighted by Crippen LogP contribution is -2.76. The maximum absolute atomic E-state index is 13.1. The average Bonchev–Trinajstić information content (AvgIpc) is 3.15. The molecule has 1 aliphatic heterocycles. The summed E-state index contributed by atoms with van der Waals surface area (Å²) < 4.78 is 7.41. The fourth-order valence-electron chi connectivity index (χ4n) is 4.11. The van der Waals surface area contributed by atoms with Crippen molar-refractivity contribution in [2.24, 2.45) is 11.1 Å². The van der Waals surface area contributed by atoms with Gasteiger partial charge in [-0.3, -0.25) is 4.79 Å². The van der Waals surface area contributed by atoms with Gasteiger partial charge in [-0.1, -0.05) is 13.8 Å². The summed E-state index contributed by atoms with van der Waals surface area (Å²) in [6, 6.07) is 3.83. The molecule has 0 bridgehead atoms. The first-order chi connectivity index (χ1) is 12.9. The third-order valence-electron chi connectivity index (χ3n) is 6.25. The van der Waals surface area contributed by atoms with Crippen molar-refractivity contribution in [2.75, 3.05) is 37.7 Å². The molecule has 27 heavy (non-hydrogen) atoms. The second-order valence-corrected chi connectivity index (χ2v) is 7.95. The van der Waals surface area contributed by atoms with Crippen LogP contribution in [0.4, 0.5) is 5.82 Å². The number of nitrogens with two attached hydrogens (primary N) is 1. The molecule has 1 amide bonds. The van der Waals surface area contributed by atoms with Crippen LogP contribution in [0.25, 0.3) is 5.65 Å². The normalized spacial score (nSPS) is 27.6. The Bertz CT molecular complexity index is 843. The molecule has 2 atom stereocenters. The smallest absolute Gasteiger partial charge is 0.243 e. The first-order valence-electron chi connectivity index (χ1n) is 9.48. The molecule has 2 fully saturated rings. The molecule has 2 unspecified atom stereocenters. The molecule has 9 heteroatoms. The van der Waals surface area contributed by atoms with E-state index in [0.29, 0.717) is 31.8 Å². The Morgan fingerprint density at radius 2 is 2.04 bits per heavy atom. The van der Waals surface area contributed by atoms with Gasteiger partial charge < -0.3 is 20.3 Å². The Hall–Kier alpha value is -2.26. The van der Waals surface area contributed by atoms with E-state index in [2.05, 4.69) is 20.2 Å². The number of rotatable bonds is 4. The Balaban J connectivity index is 1.41. The fraction of sp³-hybridized carbons (Fsp3) is 0.667. The van der Waals surface area contributed by atoms with Gasteiger partial charge in [-0.2, -0.15) is 4.52 Å². The lowest BCUT2D eigenvalue weighted by Gasteiger charge is -2.59. The molecule has 0 aromatic carbocycles. The number of fused-ring (bicyclic) bond motifs is 1. The molecular weight excluding hydrogens is 346 g/mol. The van der Waals surface area contributed by atoms with Crippen LogP contribution in [0.15, 0.2) is 18.5 Å². The van der Waals surface area contributed by atoms with Crippen molar-refractivity contribution < 1.29 is 9.53 Å². The summed E-state index contributed by atoms with van der Waals surface area (Å²) in [7, 11) is 0. The molecule has 9 nitrogen and oxygen atoms in total. The minimum absolute atomic E-state index is 0.0327. The molecule has 146 valence electrons. The standard InChI is InChI=1S/C18H27N7O2/c1-4-27-13-11-18(19,17(13,2)3)16(26)24-9-7-23(8-10-24)15-6-5-14-21-20-12-25(14)22-15/h5-6,12-13H,4,7-11,19H2,1-3H3. The number of aromatic nitrogens is 4. The molecule has 1 saturated heterocycles. The molecule has 2 aromatic rings. The van der Waals surface area contributed by atoms with E-state index in [9.17, 15) is 4.79 Å². The second-order valence-electron chi connectivity index (χ2n) is 7.95. The van der Waals surface area contributed by atoms with E-state index in [-0.39, 0.29) is 17.4 Å². The van der Waals surface area contributed by atoms with Gasteiger partial charge in [-0.25, -0.2) is 0 Å². The zero-order chi connectivity index (χ0) is 19.2. The van der Waals surface area contributed by atoms with Crippen molar-refractivity contribution in [2.45, 2.75) is 38.8 Å². The summed E-state index contributed by atoms with van der Waals surface area (Å²) in [5.41, 5.74) is 6.06. The van der Waals surface area contributed by atoms with Crippen LogP contribution in [0.2, 0.25) is 0 Å². The SMILES string of the molecule is CCOC1CC(N)(C(=O)N2CCN(c3ccc4nncn4n3)CC2)C1(C)C. The summed E-state index contributed by atoms with van der Waals surface area (Å²) in [4.78, 5) is 17.2. The van der Waals surface area contributed by atoms with Gasteiger partial charge in [-0.15, -0.1) is 15.3 Å². The molecule has 2 aromatic heterocycles. The summed E-state index contributed by atoms with van der Waals surface area (Å²) >= 11 is 0. The lowest BCUT2D eigenvalue weighted by molar-refractivity contribution is -0.179. The Morgan fingerprint density at radius 1 is 1.30 bits per heavy atom.